The molecule has 1 N–H and O–H groups in total. The molecule has 0 saturated carbocycles. The van der Waals surface area contributed by atoms with Crippen LogP contribution in [0.5, 0.6) is 0 Å². The second-order valence-corrected chi connectivity index (χ2v) is 6.81. The van der Waals surface area contributed by atoms with Crippen LogP contribution in [0.25, 0.3) is 0 Å². The van der Waals surface area contributed by atoms with E-state index >= 15 is 0 Å². The highest BCUT2D eigenvalue weighted by atomic mass is 16.2. The van der Waals surface area contributed by atoms with Crippen LogP contribution >= 0.6 is 0 Å². The molecule has 2 heterocycles. The van der Waals surface area contributed by atoms with E-state index in [1.165, 1.54) is 4.90 Å². The van der Waals surface area contributed by atoms with Gasteiger partial charge in [-0.05, 0) is 43.0 Å². The summed E-state index contributed by atoms with van der Waals surface area (Å²) >= 11 is 0. The van der Waals surface area contributed by atoms with Crippen LogP contribution in [0.4, 0.5) is 16.2 Å². The average molecular weight is 344 g/mol. The molecule has 1 fully saturated rings. The molecule has 1 aromatic rings. The minimum atomic E-state index is -0.392. The Morgan fingerprint density at radius 1 is 1.24 bits per heavy atom. The summed E-state index contributed by atoms with van der Waals surface area (Å²) in [4.78, 5) is 41.4. The lowest BCUT2D eigenvalue weighted by atomic mass is 10.0. The van der Waals surface area contributed by atoms with E-state index < -0.39 is 6.04 Å². The number of aryl methyl sites for hydroxylation is 1. The second-order valence-electron chi connectivity index (χ2n) is 6.81. The zero-order chi connectivity index (χ0) is 18.1. The SMILES string of the molecule is CN(C)C(=O)[C@@H]1CCCN1C(=O)Nc1ccc2c(c1)CCC(=O)N2C. The summed E-state index contributed by atoms with van der Waals surface area (Å²) in [5.41, 5.74) is 2.62. The first-order chi connectivity index (χ1) is 11.9. The molecule has 0 aromatic heterocycles. The quantitative estimate of drug-likeness (QED) is 0.887. The van der Waals surface area contributed by atoms with Crippen LogP contribution in [0, 0.1) is 0 Å². The number of carbonyl (C=O) groups is 3. The summed E-state index contributed by atoms with van der Waals surface area (Å²) in [5, 5.41) is 2.90. The molecule has 134 valence electrons. The molecule has 1 saturated heterocycles. The van der Waals surface area contributed by atoms with Crippen LogP contribution in [-0.4, -0.2) is 61.4 Å². The topological polar surface area (TPSA) is 73.0 Å². The van der Waals surface area contributed by atoms with E-state index in [9.17, 15) is 14.4 Å². The number of fused-ring (bicyclic) bond motifs is 1. The minimum Gasteiger partial charge on any atom is -0.347 e. The lowest BCUT2D eigenvalue weighted by Gasteiger charge is -2.28. The van der Waals surface area contributed by atoms with Gasteiger partial charge in [-0.15, -0.1) is 0 Å². The summed E-state index contributed by atoms with van der Waals surface area (Å²) < 4.78 is 0. The summed E-state index contributed by atoms with van der Waals surface area (Å²) in [6, 6.07) is 4.92. The average Bonchev–Trinajstić information content (AvgIpc) is 3.07. The molecule has 0 bridgehead atoms. The van der Waals surface area contributed by atoms with Gasteiger partial charge in [0, 0.05) is 45.5 Å². The number of carbonyl (C=O) groups excluding carboxylic acids is 3. The van der Waals surface area contributed by atoms with Crippen molar-refractivity contribution in [2.24, 2.45) is 0 Å². The Labute approximate surface area is 147 Å². The maximum atomic E-state index is 12.6. The Balaban J connectivity index is 1.73. The monoisotopic (exact) mass is 344 g/mol. The molecule has 0 radical (unpaired) electrons. The van der Waals surface area contributed by atoms with Gasteiger partial charge in [0.15, 0.2) is 0 Å². The number of rotatable bonds is 2. The number of urea groups is 1. The Bertz CT molecular complexity index is 716. The van der Waals surface area contributed by atoms with Crippen LogP contribution < -0.4 is 10.2 Å². The molecule has 7 heteroatoms. The van der Waals surface area contributed by atoms with Crippen molar-refractivity contribution in [3.8, 4) is 0 Å². The van der Waals surface area contributed by atoms with E-state index in [-0.39, 0.29) is 17.8 Å². The number of hydrogen-bond donors (Lipinski definition) is 1. The number of likely N-dealkylation sites (N-methyl/N-ethyl adjacent to an activating group) is 1. The Kier molecular flexibility index (Phi) is 4.65. The van der Waals surface area contributed by atoms with E-state index in [2.05, 4.69) is 5.32 Å². The lowest BCUT2D eigenvalue weighted by molar-refractivity contribution is -0.132. The summed E-state index contributed by atoms with van der Waals surface area (Å²) in [6.07, 6.45) is 2.68. The van der Waals surface area contributed by atoms with E-state index in [4.69, 9.17) is 0 Å². The van der Waals surface area contributed by atoms with Crippen molar-refractivity contribution < 1.29 is 14.4 Å². The Morgan fingerprint density at radius 2 is 2.00 bits per heavy atom. The molecule has 1 aromatic carbocycles. The van der Waals surface area contributed by atoms with Crippen LogP contribution in [0.1, 0.15) is 24.8 Å². The molecule has 0 spiro atoms. The molecule has 7 nitrogen and oxygen atoms in total. The van der Waals surface area contributed by atoms with Gasteiger partial charge in [-0.1, -0.05) is 0 Å². The zero-order valence-electron chi connectivity index (χ0n) is 14.9. The fourth-order valence-corrected chi connectivity index (χ4v) is 3.49. The van der Waals surface area contributed by atoms with Crippen molar-refractivity contribution >= 4 is 29.2 Å². The number of nitrogens with zero attached hydrogens (tertiary/aromatic N) is 3. The highest BCUT2D eigenvalue weighted by Crippen LogP contribution is 2.29. The molecule has 0 unspecified atom stereocenters. The van der Waals surface area contributed by atoms with Crippen molar-refractivity contribution in [3.63, 3.8) is 0 Å². The van der Waals surface area contributed by atoms with Crippen molar-refractivity contribution in [1.82, 2.24) is 9.80 Å². The van der Waals surface area contributed by atoms with Crippen LogP contribution in [0.15, 0.2) is 18.2 Å². The van der Waals surface area contributed by atoms with Crippen molar-refractivity contribution in [3.05, 3.63) is 23.8 Å². The first-order valence-electron chi connectivity index (χ1n) is 8.56. The van der Waals surface area contributed by atoms with Gasteiger partial charge in [0.2, 0.25) is 11.8 Å². The molecular formula is C18H24N4O3. The van der Waals surface area contributed by atoms with Gasteiger partial charge in [-0.2, -0.15) is 0 Å². The third-order valence-corrected chi connectivity index (χ3v) is 4.91. The molecule has 25 heavy (non-hydrogen) atoms. The zero-order valence-corrected chi connectivity index (χ0v) is 14.9. The predicted molar refractivity (Wildman–Crippen MR) is 95.6 cm³/mol. The normalized spacial score (nSPS) is 19.6. The van der Waals surface area contributed by atoms with Crippen LogP contribution in [0.2, 0.25) is 0 Å². The van der Waals surface area contributed by atoms with Crippen molar-refractivity contribution in [2.45, 2.75) is 31.7 Å². The smallest absolute Gasteiger partial charge is 0.322 e. The Hall–Kier alpha value is -2.57. The van der Waals surface area contributed by atoms with Crippen molar-refractivity contribution in [2.75, 3.05) is 37.9 Å². The van der Waals surface area contributed by atoms with Gasteiger partial charge < -0.3 is 20.0 Å². The first kappa shape index (κ1) is 17.3. The predicted octanol–water partition coefficient (Wildman–Crippen LogP) is 1.68. The minimum absolute atomic E-state index is 0.0433. The first-order valence-corrected chi connectivity index (χ1v) is 8.56. The molecule has 0 aliphatic carbocycles. The Morgan fingerprint density at radius 3 is 2.72 bits per heavy atom. The maximum absolute atomic E-state index is 12.6. The van der Waals surface area contributed by atoms with Gasteiger partial charge in [-0.3, -0.25) is 9.59 Å². The molecule has 2 aliphatic rings. The summed E-state index contributed by atoms with van der Waals surface area (Å²) in [5.74, 6) is 0.0598. The summed E-state index contributed by atoms with van der Waals surface area (Å²) in [7, 11) is 5.18. The highest BCUT2D eigenvalue weighted by Gasteiger charge is 2.35. The third-order valence-electron chi connectivity index (χ3n) is 4.91. The van der Waals surface area contributed by atoms with E-state index in [1.807, 2.05) is 12.1 Å². The molecule has 1 atom stereocenters. The number of anilines is 2. The number of benzene rings is 1. The van der Waals surface area contributed by atoms with E-state index in [0.717, 1.165) is 17.7 Å². The fourth-order valence-electron chi connectivity index (χ4n) is 3.49. The van der Waals surface area contributed by atoms with Gasteiger partial charge >= 0.3 is 6.03 Å². The van der Waals surface area contributed by atoms with Gasteiger partial charge in [0.1, 0.15) is 6.04 Å². The summed E-state index contributed by atoms with van der Waals surface area (Å²) in [6.45, 7) is 0.582. The molecule has 2 aliphatic heterocycles. The highest BCUT2D eigenvalue weighted by molar-refractivity contribution is 5.97. The van der Waals surface area contributed by atoms with Gasteiger partial charge in [0.05, 0.1) is 0 Å². The standard InChI is InChI=1S/C18H24N4O3/c1-20(2)17(24)15-5-4-10-22(15)18(25)19-13-7-8-14-12(11-13)6-9-16(23)21(14)3/h7-8,11,15H,4-6,9-10H2,1-3H3,(H,19,25)/t15-/m0/s1. The lowest BCUT2D eigenvalue weighted by Crippen LogP contribution is -2.47. The number of likely N-dealkylation sites (tertiary alicyclic amines) is 1. The van der Waals surface area contributed by atoms with Crippen molar-refractivity contribution in [1.29, 1.82) is 0 Å². The molecular weight excluding hydrogens is 320 g/mol. The van der Waals surface area contributed by atoms with Crippen LogP contribution in [-0.2, 0) is 16.0 Å². The number of nitrogens with one attached hydrogen (secondary N) is 1. The second kappa shape index (κ2) is 6.74. The van der Waals surface area contributed by atoms with E-state index in [1.54, 1.807) is 37.0 Å². The number of hydrogen-bond acceptors (Lipinski definition) is 3. The van der Waals surface area contributed by atoms with Crippen LogP contribution in [0.3, 0.4) is 0 Å². The third kappa shape index (κ3) is 3.31. The fraction of sp³-hybridized carbons (Fsp3) is 0.500. The van der Waals surface area contributed by atoms with E-state index in [0.29, 0.717) is 31.5 Å². The maximum Gasteiger partial charge on any atom is 0.322 e. The van der Waals surface area contributed by atoms with Gasteiger partial charge in [-0.25, -0.2) is 4.79 Å². The molecule has 3 rings (SSSR count). The van der Waals surface area contributed by atoms with Gasteiger partial charge in [0.25, 0.3) is 0 Å². The largest absolute Gasteiger partial charge is 0.347 e. The number of amides is 4. The molecule has 4 amide bonds.